The molecular formula is C14H18INO2S. The van der Waals surface area contributed by atoms with Crippen molar-refractivity contribution in [3.05, 3.63) is 27.3 Å². The molecule has 2 unspecified atom stereocenters. The van der Waals surface area contributed by atoms with E-state index in [-0.39, 0.29) is 17.7 Å². The number of rotatable bonds is 3. The summed E-state index contributed by atoms with van der Waals surface area (Å²) in [7, 11) is 0. The maximum absolute atomic E-state index is 12.3. The summed E-state index contributed by atoms with van der Waals surface area (Å²) < 4.78 is 0.950. The van der Waals surface area contributed by atoms with Crippen LogP contribution in [0, 0.1) is 3.57 Å². The average molecular weight is 391 g/mol. The van der Waals surface area contributed by atoms with Crippen LogP contribution in [0.5, 0.6) is 5.75 Å². The second-order valence-corrected chi connectivity index (χ2v) is 7.12. The van der Waals surface area contributed by atoms with E-state index in [0.717, 1.165) is 16.4 Å². The fourth-order valence-electron chi connectivity index (χ4n) is 2.48. The van der Waals surface area contributed by atoms with Crippen LogP contribution in [-0.2, 0) is 0 Å². The molecule has 1 fully saturated rings. The lowest BCUT2D eigenvalue weighted by atomic mass is 9.94. The second kappa shape index (κ2) is 6.83. The number of hydrogen-bond donors (Lipinski definition) is 2. The first-order chi connectivity index (χ1) is 9.11. The molecule has 3 nitrogen and oxygen atoms in total. The highest BCUT2D eigenvalue weighted by Gasteiger charge is 2.26. The Balaban J connectivity index is 2.09. The minimum Gasteiger partial charge on any atom is -0.507 e. The number of halogens is 1. The minimum absolute atomic E-state index is 0.0504. The van der Waals surface area contributed by atoms with Crippen molar-refractivity contribution in [3.8, 4) is 5.75 Å². The molecule has 5 heteroatoms. The number of benzene rings is 1. The van der Waals surface area contributed by atoms with Gasteiger partial charge in [0, 0.05) is 14.9 Å². The van der Waals surface area contributed by atoms with Gasteiger partial charge in [0.15, 0.2) is 0 Å². The number of thioether (sulfide) groups is 1. The SMILES string of the molecule is CSC1CCCCC1NC(=O)c1cc(I)ccc1O. The van der Waals surface area contributed by atoms with Gasteiger partial charge in [0.2, 0.25) is 0 Å². The van der Waals surface area contributed by atoms with Gasteiger partial charge in [-0.3, -0.25) is 4.79 Å². The number of phenolic OH excluding ortho intramolecular Hbond substituents is 1. The Bertz CT molecular complexity index is 467. The third kappa shape index (κ3) is 3.78. The Morgan fingerprint density at radius 3 is 2.89 bits per heavy atom. The van der Waals surface area contributed by atoms with Crippen LogP contribution < -0.4 is 5.32 Å². The summed E-state index contributed by atoms with van der Waals surface area (Å²) in [6.07, 6.45) is 6.69. The highest BCUT2D eigenvalue weighted by Crippen LogP contribution is 2.28. The van der Waals surface area contributed by atoms with Gasteiger partial charge in [-0.1, -0.05) is 12.8 Å². The van der Waals surface area contributed by atoms with Crippen LogP contribution in [0.15, 0.2) is 18.2 Å². The predicted octanol–water partition coefficient (Wildman–Crippen LogP) is 3.40. The van der Waals surface area contributed by atoms with Gasteiger partial charge in [0.25, 0.3) is 5.91 Å². The molecule has 0 aromatic heterocycles. The fraction of sp³-hybridized carbons (Fsp3) is 0.500. The summed E-state index contributed by atoms with van der Waals surface area (Å²) in [6, 6.07) is 5.30. The molecule has 0 bridgehead atoms. The van der Waals surface area contributed by atoms with E-state index in [1.807, 2.05) is 11.8 Å². The zero-order valence-electron chi connectivity index (χ0n) is 10.9. The Morgan fingerprint density at radius 2 is 2.16 bits per heavy atom. The number of carbonyl (C=O) groups excluding carboxylic acids is 1. The summed E-state index contributed by atoms with van der Waals surface area (Å²) in [4.78, 5) is 12.3. The zero-order valence-corrected chi connectivity index (χ0v) is 13.8. The number of carbonyl (C=O) groups is 1. The number of phenols is 1. The molecule has 104 valence electrons. The summed E-state index contributed by atoms with van der Waals surface area (Å²) >= 11 is 3.96. The van der Waals surface area contributed by atoms with Crippen molar-refractivity contribution in [1.82, 2.24) is 5.32 Å². The summed E-state index contributed by atoms with van der Waals surface area (Å²) in [6.45, 7) is 0. The molecule has 0 radical (unpaired) electrons. The molecule has 2 atom stereocenters. The highest BCUT2D eigenvalue weighted by atomic mass is 127. The smallest absolute Gasteiger partial charge is 0.255 e. The van der Waals surface area contributed by atoms with Crippen molar-refractivity contribution in [2.45, 2.75) is 37.0 Å². The van der Waals surface area contributed by atoms with E-state index in [1.54, 1.807) is 18.2 Å². The van der Waals surface area contributed by atoms with Gasteiger partial charge in [-0.2, -0.15) is 11.8 Å². The Labute approximate surface area is 131 Å². The van der Waals surface area contributed by atoms with Gasteiger partial charge in [0.05, 0.1) is 5.56 Å². The molecule has 2 N–H and O–H groups in total. The lowest BCUT2D eigenvalue weighted by molar-refractivity contribution is 0.0926. The molecule has 0 spiro atoms. The topological polar surface area (TPSA) is 49.3 Å². The van der Waals surface area contributed by atoms with Crippen molar-refractivity contribution in [1.29, 1.82) is 0 Å². The maximum atomic E-state index is 12.3. The molecule has 1 aromatic rings. The van der Waals surface area contributed by atoms with E-state index in [1.165, 1.54) is 12.8 Å². The molecule has 2 rings (SSSR count). The summed E-state index contributed by atoms with van der Waals surface area (Å²) in [5.74, 6) is -0.114. The van der Waals surface area contributed by atoms with Crippen LogP contribution in [0.2, 0.25) is 0 Å². The monoisotopic (exact) mass is 391 g/mol. The maximum Gasteiger partial charge on any atom is 0.255 e. The van der Waals surface area contributed by atoms with Gasteiger partial charge in [-0.05, 0) is 59.9 Å². The Kier molecular flexibility index (Phi) is 5.38. The number of hydrogen-bond acceptors (Lipinski definition) is 3. The standard InChI is InChI=1S/C14H18INO2S/c1-19-13-5-3-2-4-11(13)16-14(18)10-8-9(15)6-7-12(10)17/h6-8,11,13,17H,2-5H2,1H3,(H,16,18). The van der Waals surface area contributed by atoms with E-state index in [4.69, 9.17) is 0 Å². The molecule has 1 aliphatic carbocycles. The van der Waals surface area contributed by atoms with Crippen LogP contribution in [0.3, 0.4) is 0 Å². The first kappa shape index (κ1) is 15.0. The van der Waals surface area contributed by atoms with Crippen LogP contribution in [-0.4, -0.2) is 28.6 Å². The van der Waals surface area contributed by atoms with E-state index in [9.17, 15) is 9.90 Å². The Morgan fingerprint density at radius 1 is 1.42 bits per heavy atom. The van der Waals surface area contributed by atoms with Crippen LogP contribution in [0.25, 0.3) is 0 Å². The van der Waals surface area contributed by atoms with Gasteiger partial charge in [-0.15, -0.1) is 0 Å². The van der Waals surface area contributed by atoms with Crippen LogP contribution in [0.4, 0.5) is 0 Å². The van der Waals surface area contributed by atoms with E-state index in [2.05, 4.69) is 34.2 Å². The van der Waals surface area contributed by atoms with Crippen LogP contribution in [0.1, 0.15) is 36.0 Å². The first-order valence-corrected chi connectivity index (χ1v) is 8.80. The van der Waals surface area contributed by atoms with Crippen molar-refractivity contribution in [2.75, 3.05) is 6.26 Å². The Hall–Kier alpha value is -0.430. The largest absolute Gasteiger partial charge is 0.507 e. The van der Waals surface area contributed by atoms with Crippen molar-refractivity contribution in [2.24, 2.45) is 0 Å². The summed E-state index contributed by atoms with van der Waals surface area (Å²) in [5, 5.41) is 13.4. The molecule has 1 amide bonds. The van der Waals surface area contributed by atoms with E-state index >= 15 is 0 Å². The van der Waals surface area contributed by atoms with Gasteiger partial charge < -0.3 is 10.4 Å². The van der Waals surface area contributed by atoms with Crippen molar-refractivity contribution >= 4 is 40.3 Å². The molecule has 19 heavy (non-hydrogen) atoms. The fourth-order valence-corrected chi connectivity index (χ4v) is 3.91. The lowest BCUT2D eigenvalue weighted by Crippen LogP contribution is -2.43. The third-order valence-electron chi connectivity index (χ3n) is 3.53. The minimum atomic E-state index is -0.165. The molecule has 0 aliphatic heterocycles. The number of nitrogens with one attached hydrogen (secondary N) is 1. The van der Waals surface area contributed by atoms with E-state index < -0.39 is 0 Å². The first-order valence-electron chi connectivity index (χ1n) is 6.44. The summed E-state index contributed by atoms with van der Waals surface area (Å²) in [5.41, 5.74) is 0.373. The zero-order chi connectivity index (χ0) is 13.8. The van der Waals surface area contributed by atoms with Gasteiger partial charge in [-0.25, -0.2) is 0 Å². The highest BCUT2D eigenvalue weighted by molar-refractivity contribution is 14.1. The molecule has 1 aromatic carbocycles. The van der Waals surface area contributed by atoms with Crippen molar-refractivity contribution in [3.63, 3.8) is 0 Å². The number of aromatic hydroxyl groups is 1. The average Bonchev–Trinajstić information content (AvgIpc) is 2.42. The molecular weight excluding hydrogens is 373 g/mol. The molecule has 0 heterocycles. The normalized spacial score (nSPS) is 23.1. The quantitative estimate of drug-likeness (QED) is 0.777. The van der Waals surface area contributed by atoms with E-state index in [0.29, 0.717) is 10.8 Å². The van der Waals surface area contributed by atoms with Gasteiger partial charge >= 0.3 is 0 Å². The lowest BCUT2D eigenvalue weighted by Gasteiger charge is -2.31. The molecule has 0 saturated heterocycles. The predicted molar refractivity (Wildman–Crippen MR) is 87.8 cm³/mol. The second-order valence-electron chi connectivity index (χ2n) is 4.80. The van der Waals surface area contributed by atoms with Crippen molar-refractivity contribution < 1.29 is 9.90 Å². The number of amides is 1. The van der Waals surface area contributed by atoms with Crippen LogP contribution >= 0.6 is 34.4 Å². The van der Waals surface area contributed by atoms with Gasteiger partial charge in [0.1, 0.15) is 5.75 Å². The third-order valence-corrected chi connectivity index (χ3v) is 5.37. The molecule has 1 aliphatic rings. The molecule has 1 saturated carbocycles.